The van der Waals surface area contributed by atoms with E-state index in [1.807, 2.05) is 0 Å². The first-order valence-electron chi connectivity index (χ1n) is 4.93. The van der Waals surface area contributed by atoms with Crippen LogP contribution in [0.15, 0.2) is 43.7 Å². The van der Waals surface area contributed by atoms with Gasteiger partial charge in [-0.1, -0.05) is 24.3 Å². The van der Waals surface area contributed by atoms with Gasteiger partial charge in [-0.05, 0) is 82.5 Å². The van der Waals surface area contributed by atoms with E-state index in [9.17, 15) is 0 Å². The summed E-state index contributed by atoms with van der Waals surface area (Å²) in [7, 11) is 0. The van der Waals surface area contributed by atoms with Crippen LogP contribution in [0.2, 0.25) is 0 Å². The minimum absolute atomic E-state index is 0. The molecule has 112 valence electrons. The summed E-state index contributed by atoms with van der Waals surface area (Å²) in [6, 6.07) is 10.8. The van der Waals surface area contributed by atoms with E-state index in [-0.39, 0.29) is 21.9 Å². The molecule has 0 aromatic heterocycles. The fourth-order valence-corrected chi connectivity index (χ4v) is 3.79. The molecule has 7 heteroatoms. The van der Waals surface area contributed by atoms with Crippen molar-refractivity contribution in [1.29, 1.82) is 0 Å². The average Bonchev–Trinajstić information content (AvgIpc) is 2.65. The maximum Gasteiger partial charge on any atom is 0.0462 e. The van der Waals surface area contributed by atoms with Gasteiger partial charge in [-0.25, -0.2) is 0 Å². The molecule has 0 heterocycles. The molecule has 0 atom stereocenters. The quantitative estimate of drug-likeness (QED) is 0.443. The summed E-state index contributed by atoms with van der Waals surface area (Å²) in [6.45, 7) is 0. The van der Waals surface area contributed by atoms with Gasteiger partial charge in [-0.2, -0.15) is 0 Å². The monoisotopic (exact) mass is 472 g/mol. The fraction of sp³-hybridized carbons (Fsp3) is 0.0769. The highest BCUT2D eigenvalue weighted by molar-refractivity contribution is 9.14. The van der Waals surface area contributed by atoms with Gasteiger partial charge in [-0.3, -0.25) is 0 Å². The van der Waals surface area contributed by atoms with Crippen molar-refractivity contribution in [1.82, 2.24) is 0 Å². The topological polar surface area (TPSA) is 126 Å². The second kappa shape index (κ2) is 8.23. The van der Waals surface area contributed by atoms with Crippen molar-refractivity contribution in [2.24, 2.45) is 0 Å². The number of hydrogen-bond acceptors (Lipinski definition) is 0. The molecule has 2 aromatic carbocycles. The maximum atomic E-state index is 3.66. The van der Waals surface area contributed by atoms with E-state index in [4.69, 9.17) is 0 Å². The molecule has 0 aliphatic heterocycles. The molecule has 3 rings (SSSR count). The molecule has 8 N–H and O–H groups in total. The van der Waals surface area contributed by atoms with Gasteiger partial charge < -0.3 is 21.9 Å². The highest BCUT2D eigenvalue weighted by atomic mass is 79.9. The lowest BCUT2D eigenvalue weighted by Gasteiger charge is -2.07. The molecule has 0 saturated carbocycles. The number of benzene rings is 2. The Bertz CT molecular complexity index is 602. The second-order valence-corrected chi connectivity index (χ2v) is 6.29. The number of rotatable bonds is 0. The van der Waals surface area contributed by atoms with Crippen LogP contribution in [0.3, 0.4) is 0 Å². The Balaban J connectivity index is 0. The lowest BCUT2D eigenvalue weighted by molar-refractivity contribution is 0.823. The van der Waals surface area contributed by atoms with Crippen LogP contribution in [0.1, 0.15) is 11.1 Å². The van der Waals surface area contributed by atoms with Crippen LogP contribution in [0, 0.1) is 0 Å². The Kier molecular flexibility index (Phi) is 9.06. The Morgan fingerprint density at radius 1 is 0.750 bits per heavy atom. The van der Waals surface area contributed by atoms with Crippen molar-refractivity contribution in [3.63, 3.8) is 0 Å². The molecule has 1 aliphatic carbocycles. The zero-order valence-electron chi connectivity index (χ0n) is 10.2. The Hall–Kier alpha value is -0.280. The molecule has 4 nitrogen and oxygen atoms in total. The van der Waals surface area contributed by atoms with Crippen molar-refractivity contribution >= 4 is 47.8 Å². The zero-order chi connectivity index (χ0) is 11.3. The van der Waals surface area contributed by atoms with Crippen molar-refractivity contribution in [2.75, 3.05) is 0 Å². The first-order chi connectivity index (χ1) is 7.68. The van der Waals surface area contributed by atoms with Gasteiger partial charge in [0.25, 0.3) is 0 Å². The molecule has 0 spiro atoms. The smallest absolute Gasteiger partial charge is 0.0462 e. The molecule has 1 aliphatic rings. The maximum absolute atomic E-state index is 3.66. The first kappa shape index (κ1) is 22.0. The molecular formula is C13H15Br3O4. The van der Waals surface area contributed by atoms with Crippen molar-refractivity contribution in [3.8, 4) is 11.1 Å². The van der Waals surface area contributed by atoms with Gasteiger partial charge in [0.15, 0.2) is 0 Å². The van der Waals surface area contributed by atoms with E-state index in [0.717, 1.165) is 19.8 Å². The molecule has 2 aromatic rings. The number of hydrogen-bond donors (Lipinski definition) is 0. The third-order valence-electron chi connectivity index (χ3n) is 2.94. The van der Waals surface area contributed by atoms with Crippen LogP contribution >= 0.6 is 47.8 Å². The van der Waals surface area contributed by atoms with Crippen LogP contribution in [0.25, 0.3) is 11.1 Å². The van der Waals surface area contributed by atoms with Crippen LogP contribution in [-0.4, -0.2) is 21.9 Å². The Morgan fingerprint density at radius 2 is 1.35 bits per heavy atom. The van der Waals surface area contributed by atoms with E-state index >= 15 is 0 Å². The molecular weight excluding hydrogens is 460 g/mol. The second-order valence-electron chi connectivity index (χ2n) is 3.85. The highest BCUT2D eigenvalue weighted by Crippen LogP contribution is 2.45. The molecule has 0 bridgehead atoms. The number of halogens is 3. The SMILES string of the molecule is Brc1cc2c(c(Br)c1Br)Cc1ccccc1-2.O.O.O.O. The standard InChI is InChI=1S/C13H7Br3.4H2O/c14-11-6-9-8-4-2-1-3-7(8)5-10(9)12(15)13(11)16;;;;/h1-4,6H,5H2;4*1H2. The summed E-state index contributed by atoms with van der Waals surface area (Å²) in [5, 5.41) is 0. The Morgan fingerprint density at radius 3 is 2.00 bits per heavy atom. The summed E-state index contributed by atoms with van der Waals surface area (Å²) in [6.07, 6.45) is 1.01. The predicted molar refractivity (Wildman–Crippen MR) is 92.2 cm³/mol. The summed E-state index contributed by atoms with van der Waals surface area (Å²) < 4.78 is 3.35. The van der Waals surface area contributed by atoms with Gasteiger partial charge in [0.05, 0.1) is 0 Å². The van der Waals surface area contributed by atoms with Crippen molar-refractivity contribution in [2.45, 2.75) is 6.42 Å². The van der Waals surface area contributed by atoms with E-state index in [0.29, 0.717) is 0 Å². The molecule has 0 radical (unpaired) electrons. The van der Waals surface area contributed by atoms with E-state index in [2.05, 4.69) is 78.1 Å². The molecule has 0 fully saturated rings. The number of fused-ring (bicyclic) bond motifs is 3. The lowest BCUT2D eigenvalue weighted by atomic mass is 10.1. The predicted octanol–water partition coefficient (Wildman–Crippen LogP) is 2.25. The summed E-state index contributed by atoms with van der Waals surface area (Å²) in [5.41, 5.74) is 5.46. The fourth-order valence-electron chi connectivity index (χ4n) is 2.17. The molecule has 20 heavy (non-hydrogen) atoms. The zero-order valence-corrected chi connectivity index (χ0v) is 15.0. The minimum Gasteiger partial charge on any atom is -0.412 e. The van der Waals surface area contributed by atoms with Crippen molar-refractivity contribution in [3.05, 3.63) is 54.9 Å². The molecule has 0 amide bonds. The van der Waals surface area contributed by atoms with Crippen LogP contribution in [0.4, 0.5) is 0 Å². The van der Waals surface area contributed by atoms with Crippen LogP contribution in [0.5, 0.6) is 0 Å². The van der Waals surface area contributed by atoms with E-state index in [1.165, 1.54) is 22.3 Å². The van der Waals surface area contributed by atoms with Gasteiger partial charge in [0.2, 0.25) is 0 Å². The third kappa shape index (κ3) is 3.30. The van der Waals surface area contributed by atoms with Crippen LogP contribution in [-0.2, 0) is 6.42 Å². The summed E-state index contributed by atoms with van der Waals surface area (Å²) in [4.78, 5) is 0. The average molecular weight is 475 g/mol. The van der Waals surface area contributed by atoms with Gasteiger partial charge in [0.1, 0.15) is 0 Å². The van der Waals surface area contributed by atoms with Crippen molar-refractivity contribution < 1.29 is 21.9 Å². The lowest BCUT2D eigenvalue weighted by Crippen LogP contribution is -1.85. The summed E-state index contributed by atoms with van der Waals surface area (Å²) in [5.74, 6) is 0. The van der Waals surface area contributed by atoms with Gasteiger partial charge >= 0.3 is 0 Å². The first-order valence-corrected chi connectivity index (χ1v) is 7.31. The van der Waals surface area contributed by atoms with Crippen LogP contribution < -0.4 is 0 Å². The van der Waals surface area contributed by atoms with Gasteiger partial charge in [0, 0.05) is 13.4 Å². The summed E-state index contributed by atoms with van der Waals surface area (Å²) >= 11 is 10.8. The van der Waals surface area contributed by atoms with Gasteiger partial charge in [-0.15, -0.1) is 0 Å². The molecule has 0 saturated heterocycles. The normalized spacial score (nSPS) is 9.95. The molecule has 0 unspecified atom stereocenters. The third-order valence-corrected chi connectivity index (χ3v) is 6.33. The largest absolute Gasteiger partial charge is 0.412 e. The van der Waals surface area contributed by atoms with E-state index < -0.39 is 0 Å². The van der Waals surface area contributed by atoms with E-state index in [1.54, 1.807) is 0 Å². The minimum atomic E-state index is 0. The highest BCUT2D eigenvalue weighted by Gasteiger charge is 2.22. The Labute approximate surface area is 141 Å².